The number of amides is 1. The molecule has 0 spiro atoms. The van der Waals surface area contributed by atoms with Gasteiger partial charge in [-0.05, 0) is 13.0 Å². The number of carbonyl (C=O) groups excluding carboxylic acids is 1. The number of nitrogens with one attached hydrogen (secondary N) is 1. The van der Waals surface area contributed by atoms with Gasteiger partial charge in [0.25, 0.3) is 0 Å². The van der Waals surface area contributed by atoms with Crippen molar-refractivity contribution in [2.24, 2.45) is 0 Å². The van der Waals surface area contributed by atoms with Crippen molar-refractivity contribution in [3.05, 3.63) is 47.5 Å². The molecule has 3 rings (SSSR count). The van der Waals surface area contributed by atoms with Crippen LogP contribution in [0.5, 0.6) is 0 Å². The molecular weight excluding hydrogens is 311 g/mol. The second kappa shape index (κ2) is 7.55. The molecule has 0 unspecified atom stereocenters. The highest BCUT2D eigenvalue weighted by molar-refractivity contribution is 5.91. The summed E-state index contributed by atoms with van der Waals surface area (Å²) in [5.41, 5.74) is 0.713. The fourth-order valence-electron chi connectivity index (χ4n) is 2.78. The average Bonchev–Trinajstić information content (AvgIpc) is 2.96. The van der Waals surface area contributed by atoms with Gasteiger partial charge in [-0.1, -0.05) is 23.4 Å². The topological polar surface area (TPSA) is 61.6 Å². The summed E-state index contributed by atoms with van der Waals surface area (Å²) in [6.07, 6.45) is 0. The highest BCUT2D eigenvalue weighted by Crippen LogP contribution is 2.12. The van der Waals surface area contributed by atoms with E-state index >= 15 is 0 Å². The highest BCUT2D eigenvalue weighted by atomic mass is 19.1. The fraction of sp³-hybridized carbons (Fsp3) is 0.412. The number of benzene rings is 1. The molecule has 2 heterocycles. The van der Waals surface area contributed by atoms with E-state index in [1.165, 1.54) is 6.07 Å². The number of hydrogen-bond acceptors (Lipinski definition) is 5. The SMILES string of the molecule is Cc1cc(NC(=O)CN2CCN(Cc3ccccc3F)CC2)no1. The van der Waals surface area contributed by atoms with Crippen molar-refractivity contribution in [2.45, 2.75) is 13.5 Å². The van der Waals surface area contributed by atoms with Crippen LogP contribution in [0, 0.1) is 12.7 Å². The minimum Gasteiger partial charge on any atom is -0.360 e. The molecule has 24 heavy (non-hydrogen) atoms. The van der Waals surface area contributed by atoms with E-state index in [2.05, 4.69) is 20.3 Å². The molecule has 1 saturated heterocycles. The number of anilines is 1. The Hall–Kier alpha value is -2.25. The first-order chi connectivity index (χ1) is 11.6. The number of halogens is 1. The third-order valence-corrected chi connectivity index (χ3v) is 4.08. The molecule has 0 bridgehead atoms. The van der Waals surface area contributed by atoms with Gasteiger partial charge in [-0.2, -0.15) is 0 Å². The lowest BCUT2D eigenvalue weighted by Gasteiger charge is -2.34. The molecule has 1 aromatic carbocycles. The molecule has 1 aliphatic rings. The van der Waals surface area contributed by atoms with Crippen molar-refractivity contribution in [3.8, 4) is 0 Å². The molecule has 1 fully saturated rings. The summed E-state index contributed by atoms with van der Waals surface area (Å²) in [6.45, 7) is 5.87. The molecular formula is C17H21FN4O2. The maximum absolute atomic E-state index is 13.7. The third kappa shape index (κ3) is 4.39. The van der Waals surface area contributed by atoms with E-state index in [-0.39, 0.29) is 11.7 Å². The van der Waals surface area contributed by atoms with Gasteiger partial charge in [0.2, 0.25) is 5.91 Å². The predicted molar refractivity (Wildman–Crippen MR) is 88.0 cm³/mol. The molecule has 7 heteroatoms. The van der Waals surface area contributed by atoms with E-state index in [1.54, 1.807) is 19.1 Å². The average molecular weight is 332 g/mol. The number of hydrogen-bond donors (Lipinski definition) is 1. The van der Waals surface area contributed by atoms with E-state index in [1.807, 2.05) is 12.1 Å². The van der Waals surface area contributed by atoms with E-state index in [4.69, 9.17) is 4.52 Å². The molecule has 0 saturated carbocycles. The zero-order valence-electron chi connectivity index (χ0n) is 13.7. The maximum Gasteiger partial charge on any atom is 0.239 e. The molecule has 2 aromatic rings. The van der Waals surface area contributed by atoms with Crippen LogP contribution in [0.2, 0.25) is 0 Å². The Bertz CT molecular complexity index is 695. The lowest BCUT2D eigenvalue weighted by atomic mass is 10.2. The summed E-state index contributed by atoms with van der Waals surface area (Å²) in [6, 6.07) is 8.54. The molecule has 1 N–H and O–H groups in total. The van der Waals surface area contributed by atoms with Gasteiger partial charge in [-0.3, -0.25) is 14.6 Å². The molecule has 6 nitrogen and oxygen atoms in total. The second-order valence-corrected chi connectivity index (χ2v) is 6.01. The van der Waals surface area contributed by atoms with Crippen LogP contribution in [0.25, 0.3) is 0 Å². The summed E-state index contributed by atoms with van der Waals surface area (Å²) in [5, 5.41) is 6.47. The lowest BCUT2D eigenvalue weighted by molar-refractivity contribution is -0.117. The number of piperazine rings is 1. The zero-order chi connectivity index (χ0) is 16.9. The number of aryl methyl sites for hydroxylation is 1. The monoisotopic (exact) mass is 332 g/mol. The molecule has 0 atom stereocenters. The maximum atomic E-state index is 13.7. The summed E-state index contributed by atoms with van der Waals surface area (Å²) in [5.74, 6) is 0.829. The number of aromatic nitrogens is 1. The van der Waals surface area contributed by atoms with Crippen LogP contribution < -0.4 is 5.32 Å². The minimum absolute atomic E-state index is 0.106. The van der Waals surface area contributed by atoms with Gasteiger partial charge in [-0.15, -0.1) is 0 Å². The van der Waals surface area contributed by atoms with Crippen LogP contribution in [-0.4, -0.2) is 53.6 Å². The quantitative estimate of drug-likeness (QED) is 0.906. The lowest BCUT2D eigenvalue weighted by Crippen LogP contribution is -2.48. The summed E-state index contributed by atoms with van der Waals surface area (Å²) >= 11 is 0. The van der Waals surface area contributed by atoms with Crippen molar-refractivity contribution in [3.63, 3.8) is 0 Å². The van der Waals surface area contributed by atoms with Crippen molar-refractivity contribution in [1.29, 1.82) is 0 Å². The predicted octanol–water partition coefficient (Wildman–Crippen LogP) is 1.88. The summed E-state index contributed by atoms with van der Waals surface area (Å²) < 4.78 is 18.6. The first-order valence-electron chi connectivity index (χ1n) is 8.01. The van der Waals surface area contributed by atoms with Crippen molar-refractivity contribution >= 4 is 11.7 Å². The number of rotatable bonds is 5. The summed E-state index contributed by atoms with van der Waals surface area (Å²) in [7, 11) is 0. The Kier molecular flexibility index (Phi) is 5.22. The Labute approximate surface area is 140 Å². The van der Waals surface area contributed by atoms with Gasteiger partial charge in [0, 0.05) is 44.4 Å². The smallest absolute Gasteiger partial charge is 0.239 e. The molecule has 0 radical (unpaired) electrons. The van der Waals surface area contributed by atoms with Gasteiger partial charge in [0.15, 0.2) is 5.82 Å². The van der Waals surface area contributed by atoms with E-state index in [0.717, 1.165) is 26.2 Å². The Morgan fingerprint density at radius 2 is 1.96 bits per heavy atom. The van der Waals surface area contributed by atoms with Gasteiger partial charge < -0.3 is 9.84 Å². The first-order valence-corrected chi connectivity index (χ1v) is 8.01. The molecule has 128 valence electrons. The van der Waals surface area contributed by atoms with Crippen LogP contribution >= 0.6 is 0 Å². The largest absolute Gasteiger partial charge is 0.360 e. The van der Waals surface area contributed by atoms with E-state index in [0.29, 0.717) is 30.2 Å². The molecule has 1 aromatic heterocycles. The van der Waals surface area contributed by atoms with Crippen LogP contribution in [-0.2, 0) is 11.3 Å². The Balaban J connectivity index is 1.43. The third-order valence-electron chi connectivity index (χ3n) is 4.08. The van der Waals surface area contributed by atoms with Crippen molar-refractivity contribution < 1.29 is 13.7 Å². The van der Waals surface area contributed by atoms with Crippen molar-refractivity contribution in [1.82, 2.24) is 15.0 Å². The fourth-order valence-corrected chi connectivity index (χ4v) is 2.78. The molecule has 1 aliphatic heterocycles. The highest BCUT2D eigenvalue weighted by Gasteiger charge is 2.20. The van der Waals surface area contributed by atoms with Crippen LogP contribution in [0.1, 0.15) is 11.3 Å². The first kappa shape index (κ1) is 16.6. The molecule has 0 aliphatic carbocycles. The number of nitrogens with zero attached hydrogens (tertiary/aromatic N) is 3. The Morgan fingerprint density at radius 3 is 2.62 bits per heavy atom. The van der Waals surface area contributed by atoms with Crippen molar-refractivity contribution in [2.75, 3.05) is 38.0 Å². The van der Waals surface area contributed by atoms with Crippen LogP contribution in [0.4, 0.5) is 10.2 Å². The Morgan fingerprint density at radius 1 is 1.25 bits per heavy atom. The molecule has 1 amide bonds. The van der Waals surface area contributed by atoms with Crippen LogP contribution in [0.15, 0.2) is 34.9 Å². The zero-order valence-corrected chi connectivity index (χ0v) is 13.7. The van der Waals surface area contributed by atoms with Gasteiger partial charge in [0.1, 0.15) is 11.6 Å². The summed E-state index contributed by atoms with van der Waals surface area (Å²) in [4.78, 5) is 16.3. The second-order valence-electron chi connectivity index (χ2n) is 6.01. The van der Waals surface area contributed by atoms with E-state index in [9.17, 15) is 9.18 Å². The normalized spacial score (nSPS) is 16.2. The number of carbonyl (C=O) groups is 1. The van der Waals surface area contributed by atoms with Crippen LogP contribution in [0.3, 0.4) is 0 Å². The minimum atomic E-state index is -0.165. The van der Waals surface area contributed by atoms with Gasteiger partial charge in [-0.25, -0.2) is 4.39 Å². The van der Waals surface area contributed by atoms with Gasteiger partial charge in [0.05, 0.1) is 6.54 Å². The standard InChI is InChI=1S/C17H21FN4O2/c1-13-10-16(20-24-13)19-17(23)12-22-8-6-21(7-9-22)11-14-4-2-3-5-15(14)18/h2-5,10H,6-9,11-12H2,1H3,(H,19,20,23). The van der Waals surface area contributed by atoms with Gasteiger partial charge >= 0.3 is 0 Å². The van der Waals surface area contributed by atoms with E-state index < -0.39 is 0 Å².